The highest BCUT2D eigenvalue weighted by atomic mass is 15.1. The van der Waals surface area contributed by atoms with E-state index in [0.717, 1.165) is 6.42 Å². The Morgan fingerprint density at radius 1 is 1.38 bits per heavy atom. The Balaban J connectivity index is 2.38. The summed E-state index contributed by atoms with van der Waals surface area (Å²) < 4.78 is 0. The van der Waals surface area contributed by atoms with Crippen molar-refractivity contribution in [2.75, 3.05) is 13.1 Å². The second kappa shape index (κ2) is 6.93. The highest BCUT2D eigenvalue weighted by molar-refractivity contribution is 4.99. The fraction of sp³-hybridized carbons (Fsp3) is 0.857. The molecule has 0 saturated carbocycles. The van der Waals surface area contributed by atoms with E-state index in [4.69, 9.17) is 6.42 Å². The molecule has 1 aliphatic heterocycles. The van der Waals surface area contributed by atoms with E-state index in [0.29, 0.717) is 12.1 Å². The molecule has 1 heterocycles. The minimum absolute atomic E-state index is 0.260. The highest BCUT2D eigenvalue weighted by Gasteiger charge is 2.19. The van der Waals surface area contributed by atoms with E-state index < -0.39 is 0 Å². The Kier molecular flexibility index (Phi) is 5.87. The molecule has 0 bridgehead atoms. The first-order chi connectivity index (χ1) is 7.67. The van der Waals surface area contributed by atoms with Crippen LogP contribution in [0.1, 0.15) is 46.5 Å². The van der Waals surface area contributed by atoms with E-state index in [2.05, 4.69) is 36.9 Å². The lowest BCUT2D eigenvalue weighted by Crippen LogP contribution is -2.38. The predicted octanol–water partition coefficient (Wildman–Crippen LogP) is 2.25. The van der Waals surface area contributed by atoms with Crippen LogP contribution in [0.25, 0.3) is 0 Å². The van der Waals surface area contributed by atoms with Crippen molar-refractivity contribution in [3.8, 4) is 12.3 Å². The summed E-state index contributed by atoms with van der Waals surface area (Å²) in [6.07, 6.45) is 10.3. The van der Waals surface area contributed by atoms with Gasteiger partial charge in [-0.1, -0.05) is 12.8 Å². The van der Waals surface area contributed by atoms with Crippen molar-refractivity contribution in [2.24, 2.45) is 0 Å². The third-order valence-electron chi connectivity index (χ3n) is 3.54. The molecule has 1 N–H and O–H groups in total. The van der Waals surface area contributed by atoms with Gasteiger partial charge in [0.25, 0.3) is 0 Å². The van der Waals surface area contributed by atoms with Crippen LogP contribution in [-0.2, 0) is 0 Å². The molecular formula is C14H26N2. The number of terminal acetylenes is 1. The van der Waals surface area contributed by atoms with Gasteiger partial charge in [0.1, 0.15) is 0 Å². The molecule has 2 atom stereocenters. The molecule has 1 saturated heterocycles. The molecular weight excluding hydrogens is 196 g/mol. The molecule has 2 heteroatoms. The minimum atomic E-state index is 0.260. The van der Waals surface area contributed by atoms with Crippen molar-refractivity contribution >= 4 is 0 Å². The van der Waals surface area contributed by atoms with Gasteiger partial charge in [0.05, 0.1) is 6.04 Å². The maximum Gasteiger partial charge on any atom is 0.0686 e. The molecule has 16 heavy (non-hydrogen) atoms. The Hall–Kier alpha value is -0.520. The topological polar surface area (TPSA) is 15.3 Å². The van der Waals surface area contributed by atoms with Gasteiger partial charge in [-0.3, -0.25) is 0 Å². The summed E-state index contributed by atoms with van der Waals surface area (Å²) >= 11 is 0. The number of nitrogens with zero attached hydrogens (tertiary/aromatic N) is 1. The van der Waals surface area contributed by atoms with E-state index in [1.54, 1.807) is 0 Å². The monoisotopic (exact) mass is 222 g/mol. The average Bonchev–Trinajstić information content (AvgIpc) is 2.51. The molecule has 0 amide bonds. The standard InChI is InChI=1S/C14H26N2/c1-5-13(6-2)15-14-8-7-10-16(11-9-14)12(3)4/h1,12-15H,6-11H2,2-4H3. The third-order valence-corrected chi connectivity index (χ3v) is 3.54. The van der Waals surface area contributed by atoms with Crippen molar-refractivity contribution < 1.29 is 0 Å². The van der Waals surface area contributed by atoms with Gasteiger partial charge in [-0.15, -0.1) is 6.42 Å². The lowest BCUT2D eigenvalue weighted by atomic mass is 10.1. The van der Waals surface area contributed by atoms with E-state index >= 15 is 0 Å². The van der Waals surface area contributed by atoms with Crippen LogP contribution in [0.5, 0.6) is 0 Å². The molecule has 0 spiro atoms. The van der Waals surface area contributed by atoms with Gasteiger partial charge in [-0.2, -0.15) is 0 Å². The Labute approximate surface area is 101 Å². The number of hydrogen-bond donors (Lipinski definition) is 1. The molecule has 2 unspecified atom stereocenters. The molecule has 1 aliphatic rings. The first-order valence-electron chi connectivity index (χ1n) is 6.63. The van der Waals surface area contributed by atoms with Gasteiger partial charge in [-0.05, 0) is 52.6 Å². The van der Waals surface area contributed by atoms with Crippen LogP contribution in [0.2, 0.25) is 0 Å². The third kappa shape index (κ3) is 4.15. The molecule has 2 nitrogen and oxygen atoms in total. The van der Waals surface area contributed by atoms with Crippen LogP contribution in [0, 0.1) is 12.3 Å². The SMILES string of the molecule is C#CC(CC)NC1CCCN(C(C)C)CC1. The molecule has 1 fully saturated rings. The fourth-order valence-corrected chi connectivity index (χ4v) is 2.37. The molecule has 0 aromatic carbocycles. The van der Waals surface area contributed by atoms with E-state index in [1.807, 2.05) is 0 Å². The van der Waals surface area contributed by atoms with Gasteiger partial charge in [-0.25, -0.2) is 0 Å². The van der Waals surface area contributed by atoms with Crippen molar-refractivity contribution in [3.63, 3.8) is 0 Å². The van der Waals surface area contributed by atoms with Crippen LogP contribution in [0.3, 0.4) is 0 Å². The summed E-state index contributed by atoms with van der Waals surface area (Å²) in [5.41, 5.74) is 0. The van der Waals surface area contributed by atoms with Gasteiger partial charge >= 0.3 is 0 Å². The van der Waals surface area contributed by atoms with Gasteiger partial charge in [0.2, 0.25) is 0 Å². The number of rotatable bonds is 4. The molecule has 1 rings (SSSR count). The molecule has 92 valence electrons. The summed E-state index contributed by atoms with van der Waals surface area (Å²) in [6, 6.07) is 1.55. The van der Waals surface area contributed by atoms with Gasteiger partial charge < -0.3 is 10.2 Å². The van der Waals surface area contributed by atoms with Crippen LogP contribution in [-0.4, -0.2) is 36.1 Å². The van der Waals surface area contributed by atoms with Crippen LogP contribution < -0.4 is 5.32 Å². The second-order valence-corrected chi connectivity index (χ2v) is 5.05. The second-order valence-electron chi connectivity index (χ2n) is 5.05. The van der Waals surface area contributed by atoms with Crippen molar-refractivity contribution in [2.45, 2.75) is 64.6 Å². The average molecular weight is 222 g/mol. The van der Waals surface area contributed by atoms with Crippen LogP contribution >= 0.6 is 0 Å². The zero-order chi connectivity index (χ0) is 12.0. The zero-order valence-electron chi connectivity index (χ0n) is 11.0. The summed E-state index contributed by atoms with van der Waals surface area (Å²) in [7, 11) is 0. The molecule has 0 aliphatic carbocycles. The minimum Gasteiger partial charge on any atom is -0.301 e. The Bertz CT molecular complexity index is 229. The summed E-state index contributed by atoms with van der Waals surface area (Å²) in [5, 5.41) is 3.59. The molecule has 0 aromatic heterocycles. The van der Waals surface area contributed by atoms with E-state index in [9.17, 15) is 0 Å². The van der Waals surface area contributed by atoms with Crippen LogP contribution in [0.4, 0.5) is 0 Å². The highest BCUT2D eigenvalue weighted by Crippen LogP contribution is 2.14. The largest absolute Gasteiger partial charge is 0.301 e. The zero-order valence-corrected chi connectivity index (χ0v) is 11.0. The normalized spacial score (nSPS) is 25.1. The molecule has 0 aromatic rings. The smallest absolute Gasteiger partial charge is 0.0686 e. The van der Waals surface area contributed by atoms with Gasteiger partial charge in [0.15, 0.2) is 0 Å². The van der Waals surface area contributed by atoms with E-state index in [-0.39, 0.29) is 6.04 Å². The van der Waals surface area contributed by atoms with Crippen molar-refractivity contribution in [1.82, 2.24) is 10.2 Å². The maximum absolute atomic E-state index is 5.49. The summed E-state index contributed by atoms with van der Waals surface area (Å²) in [6.45, 7) is 9.15. The van der Waals surface area contributed by atoms with Gasteiger partial charge in [0, 0.05) is 12.1 Å². The number of nitrogens with one attached hydrogen (secondary N) is 1. The first kappa shape index (κ1) is 13.5. The molecule has 0 radical (unpaired) electrons. The quantitative estimate of drug-likeness (QED) is 0.734. The number of likely N-dealkylation sites (tertiary alicyclic amines) is 1. The van der Waals surface area contributed by atoms with Crippen molar-refractivity contribution in [3.05, 3.63) is 0 Å². The Morgan fingerprint density at radius 3 is 2.69 bits per heavy atom. The lowest BCUT2D eigenvalue weighted by Gasteiger charge is -2.25. The number of hydrogen-bond acceptors (Lipinski definition) is 2. The predicted molar refractivity (Wildman–Crippen MR) is 70.4 cm³/mol. The van der Waals surface area contributed by atoms with Crippen LogP contribution in [0.15, 0.2) is 0 Å². The summed E-state index contributed by atoms with van der Waals surface area (Å²) in [5.74, 6) is 2.83. The maximum atomic E-state index is 5.49. The Morgan fingerprint density at radius 2 is 2.12 bits per heavy atom. The van der Waals surface area contributed by atoms with Crippen molar-refractivity contribution in [1.29, 1.82) is 0 Å². The van der Waals surface area contributed by atoms with E-state index in [1.165, 1.54) is 32.4 Å². The first-order valence-corrected chi connectivity index (χ1v) is 6.63. The fourth-order valence-electron chi connectivity index (χ4n) is 2.37. The lowest BCUT2D eigenvalue weighted by molar-refractivity contribution is 0.228. The summed E-state index contributed by atoms with van der Waals surface area (Å²) in [4.78, 5) is 2.57.